The van der Waals surface area contributed by atoms with Crippen molar-refractivity contribution in [3.63, 3.8) is 0 Å². The Balaban J connectivity index is 2.07. The molecule has 2 rings (SSSR count). The number of carbonyl (C=O) groups excluding carboxylic acids is 1. The molecule has 3 nitrogen and oxygen atoms in total. The van der Waals surface area contributed by atoms with Crippen LogP contribution in [-0.4, -0.2) is 12.3 Å². The lowest BCUT2D eigenvalue weighted by Gasteiger charge is -2.24. The largest absolute Gasteiger partial charge is 0.296 e. The maximum atomic E-state index is 11.9. The van der Waals surface area contributed by atoms with Crippen LogP contribution < -0.4 is 5.48 Å². The van der Waals surface area contributed by atoms with Crippen LogP contribution in [0.15, 0.2) is 24.3 Å². The van der Waals surface area contributed by atoms with E-state index < -0.39 is 6.10 Å². The van der Waals surface area contributed by atoms with E-state index in [-0.39, 0.29) is 5.78 Å². The predicted molar refractivity (Wildman–Crippen MR) is 66.4 cm³/mol. The highest BCUT2D eigenvalue weighted by Gasteiger charge is 2.28. The summed E-state index contributed by atoms with van der Waals surface area (Å²) in [4.78, 5) is 17.4. The van der Waals surface area contributed by atoms with Gasteiger partial charge < -0.3 is 0 Å². The second-order valence-electron chi connectivity index (χ2n) is 4.91. The van der Waals surface area contributed by atoms with Crippen molar-refractivity contribution in [3.05, 3.63) is 35.4 Å². The average molecular weight is 233 g/mol. The SMILES string of the molecule is CC(C)CNOC1C(=O)CCc2ccccc21. The van der Waals surface area contributed by atoms with Gasteiger partial charge in [0.25, 0.3) is 0 Å². The van der Waals surface area contributed by atoms with Gasteiger partial charge in [-0.25, -0.2) is 5.48 Å². The van der Waals surface area contributed by atoms with Gasteiger partial charge in [0.1, 0.15) is 0 Å². The van der Waals surface area contributed by atoms with E-state index in [1.54, 1.807) is 0 Å². The Labute approximate surface area is 102 Å². The van der Waals surface area contributed by atoms with Gasteiger partial charge in [-0.2, -0.15) is 0 Å². The van der Waals surface area contributed by atoms with Gasteiger partial charge in [-0.3, -0.25) is 9.63 Å². The van der Waals surface area contributed by atoms with Gasteiger partial charge >= 0.3 is 0 Å². The van der Waals surface area contributed by atoms with Crippen LogP contribution in [-0.2, 0) is 16.1 Å². The topological polar surface area (TPSA) is 38.3 Å². The third-order valence-electron chi connectivity index (χ3n) is 2.96. The van der Waals surface area contributed by atoms with Crippen LogP contribution in [0.2, 0.25) is 0 Å². The number of ketones is 1. The van der Waals surface area contributed by atoms with E-state index in [0.29, 0.717) is 12.3 Å². The summed E-state index contributed by atoms with van der Waals surface area (Å²) in [6.07, 6.45) is 0.975. The minimum absolute atomic E-state index is 0.167. The molecule has 1 aliphatic rings. The highest BCUT2D eigenvalue weighted by atomic mass is 16.7. The number of nitrogens with one attached hydrogen (secondary N) is 1. The number of rotatable bonds is 4. The number of hydrogen-bond donors (Lipinski definition) is 1. The highest BCUT2D eigenvalue weighted by molar-refractivity contribution is 5.86. The van der Waals surface area contributed by atoms with Crippen molar-refractivity contribution >= 4 is 5.78 Å². The van der Waals surface area contributed by atoms with Gasteiger partial charge in [0, 0.05) is 13.0 Å². The second-order valence-corrected chi connectivity index (χ2v) is 4.91. The summed E-state index contributed by atoms with van der Waals surface area (Å²) in [6.45, 7) is 4.96. The summed E-state index contributed by atoms with van der Waals surface area (Å²) in [5.74, 6) is 0.670. The maximum Gasteiger partial charge on any atom is 0.168 e. The van der Waals surface area contributed by atoms with Crippen molar-refractivity contribution in [1.29, 1.82) is 0 Å². The first-order valence-corrected chi connectivity index (χ1v) is 6.17. The lowest BCUT2D eigenvalue weighted by Crippen LogP contribution is -2.30. The van der Waals surface area contributed by atoms with Crippen LogP contribution in [0.4, 0.5) is 0 Å². The summed E-state index contributed by atoms with van der Waals surface area (Å²) in [5, 5.41) is 0. The summed E-state index contributed by atoms with van der Waals surface area (Å²) in [5.41, 5.74) is 5.14. The van der Waals surface area contributed by atoms with Crippen molar-refractivity contribution in [2.45, 2.75) is 32.8 Å². The minimum Gasteiger partial charge on any atom is -0.296 e. The van der Waals surface area contributed by atoms with Crippen LogP contribution in [0.5, 0.6) is 0 Å². The first-order chi connectivity index (χ1) is 8.18. The number of Topliss-reactive ketones (excluding diaryl/α,β-unsaturated/α-hetero) is 1. The zero-order chi connectivity index (χ0) is 12.3. The molecule has 1 N–H and O–H groups in total. The van der Waals surface area contributed by atoms with Crippen molar-refractivity contribution in [2.24, 2.45) is 5.92 Å². The third kappa shape index (κ3) is 2.93. The molecule has 0 amide bonds. The zero-order valence-electron chi connectivity index (χ0n) is 10.4. The Morgan fingerprint density at radius 2 is 2.12 bits per heavy atom. The van der Waals surface area contributed by atoms with Crippen LogP contribution in [0.3, 0.4) is 0 Å². The van der Waals surface area contributed by atoms with E-state index in [9.17, 15) is 4.79 Å². The lowest BCUT2D eigenvalue weighted by atomic mass is 9.89. The zero-order valence-corrected chi connectivity index (χ0v) is 10.4. The third-order valence-corrected chi connectivity index (χ3v) is 2.96. The van der Waals surface area contributed by atoms with Gasteiger partial charge in [0.05, 0.1) is 0 Å². The predicted octanol–water partition coefficient (Wildman–Crippen LogP) is 2.42. The number of aryl methyl sites for hydroxylation is 1. The van der Waals surface area contributed by atoms with Gasteiger partial charge in [-0.1, -0.05) is 38.1 Å². The standard InChI is InChI=1S/C14H19NO2/c1-10(2)9-15-17-14-12-6-4-3-5-11(12)7-8-13(14)16/h3-6,10,14-15H,7-9H2,1-2H3. The van der Waals surface area contributed by atoms with Gasteiger partial charge in [-0.05, 0) is 23.5 Å². The number of benzene rings is 1. The number of hydrogen-bond acceptors (Lipinski definition) is 3. The second kappa shape index (κ2) is 5.43. The molecule has 0 spiro atoms. The fourth-order valence-electron chi connectivity index (χ4n) is 2.01. The molecule has 1 unspecified atom stereocenters. The van der Waals surface area contributed by atoms with Crippen LogP contribution >= 0.6 is 0 Å². The molecular weight excluding hydrogens is 214 g/mol. The molecule has 0 heterocycles. The molecule has 17 heavy (non-hydrogen) atoms. The molecule has 1 aromatic carbocycles. The fourth-order valence-corrected chi connectivity index (χ4v) is 2.01. The molecule has 0 aromatic heterocycles. The molecule has 0 fully saturated rings. The van der Waals surface area contributed by atoms with Gasteiger partial charge in [-0.15, -0.1) is 0 Å². The molecule has 0 saturated carbocycles. The van der Waals surface area contributed by atoms with E-state index in [4.69, 9.17) is 4.84 Å². The van der Waals surface area contributed by atoms with Gasteiger partial charge in [0.15, 0.2) is 11.9 Å². The quantitative estimate of drug-likeness (QED) is 0.812. The molecule has 0 bridgehead atoms. The maximum absolute atomic E-state index is 11.9. The number of hydroxylamine groups is 1. The van der Waals surface area contributed by atoms with Crippen molar-refractivity contribution in [1.82, 2.24) is 5.48 Å². The Kier molecular flexibility index (Phi) is 3.92. The molecule has 0 radical (unpaired) electrons. The molecule has 1 aromatic rings. The number of carbonyl (C=O) groups is 1. The summed E-state index contributed by atoms with van der Waals surface area (Å²) >= 11 is 0. The normalized spacial score (nSPS) is 19.5. The van der Waals surface area contributed by atoms with E-state index in [2.05, 4.69) is 25.4 Å². The van der Waals surface area contributed by atoms with Crippen LogP contribution in [0.25, 0.3) is 0 Å². The molecule has 3 heteroatoms. The monoisotopic (exact) mass is 233 g/mol. The highest BCUT2D eigenvalue weighted by Crippen LogP contribution is 2.29. The van der Waals surface area contributed by atoms with E-state index in [1.807, 2.05) is 18.2 Å². The van der Waals surface area contributed by atoms with Crippen molar-refractivity contribution in [2.75, 3.05) is 6.54 Å². The number of fused-ring (bicyclic) bond motifs is 1. The first-order valence-electron chi connectivity index (χ1n) is 6.17. The fraction of sp³-hybridized carbons (Fsp3) is 0.500. The molecule has 92 valence electrons. The Morgan fingerprint density at radius 3 is 2.88 bits per heavy atom. The van der Waals surface area contributed by atoms with Gasteiger partial charge in [0.2, 0.25) is 0 Å². The summed E-state index contributed by atoms with van der Waals surface area (Å²) < 4.78 is 0. The van der Waals surface area contributed by atoms with Crippen molar-refractivity contribution < 1.29 is 9.63 Å². The first kappa shape index (κ1) is 12.3. The van der Waals surface area contributed by atoms with E-state index >= 15 is 0 Å². The Bertz CT molecular complexity index is 401. The van der Waals surface area contributed by atoms with Crippen LogP contribution in [0, 0.1) is 5.92 Å². The molecular formula is C14H19NO2. The Morgan fingerprint density at radius 1 is 1.35 bits per heavy atom. The summed E-state index contributed by atoms with van der Waals surface area (Å²) in [6, 6.07) is 8.01. The van der Waals surface area contributed by atoms with E-state index in [1.165, 1.54) is 5.56 Å². The Hall–Kier alpha value is -1.19. The summed E-state index contributed by atoms with van der Waals surface area (Å²) in [7, 11) is 0. The average Bonchev–Trinajstić information content (AvgIpc) is 2.32. The molecule has 0 aliphatic heterocycles. The van der Waals surface area contributed by atoms with Crippen molar-refractivity contribution in [3.8, 4) is 0 Å². The molecule has 1 atom stereocenters. The molecule has 1 aliphatic carbocycles. The van der Waals surface area contributed by atoms with E-state index in [0.717, 1.165) is 18.5 Å². The minimum atomic E-state index is -0.432. The molecule has 0 saturated heterocycles. The lowest BCUT2D eigenvalue weighted by molar-refractivity contribution is -0.138. The van der Waals surface area contributed by atoms with Crippen LogP contribution in [0.1, 0.15) is 37.5 Å². The smallest absolute Gasteiger partial charge is 0.168 e.